The minimum Gasteiger partial charge on any atom is -0.495 e. The van der Waals surface area contributed by atoms with Gasteiger partial charge in [0.05, 0.1) is 43.3 Å². The molecule has 10 nitrogen and oxygen atoms in total. The predicted molar refractivity (Wildman–Crippen MR) is 141 cm³/mol. The third kappa shape index (κ3) is 4.99. The number of benzene rings is 2. The number of ether oxygens (including phenoxy) is 2. The van der Waals surface area contributed by atoms with Crippen molar-refractivity contribution in [2.75, 3.05) is 24.9 Å². The number of aliphatic hydroxyl groups is 1. The molecule has 2 amide bonds. The molecule has 200 valence electrons. The van der Waals surface area contributed by atoms with Gasteiger partial charge >= 0.3 is 0 Å². The molecule has 0 saturated heterocycles. The summed E-state index contributed by atoms with van der Waals surface area (Å²) < 4.78 is 12.3. The third-order valence-corrected chi connectivity index (χ3v) is 7.19. The molecule has 1 aliphatic carbocycles. The van der Waals surface area contributed by atoms with Crippen LogP contribution >= 0.6 is 0 Å². The average Bonchev–Trinajstić information content (AvgIpc) is 3.21. The van der Waals surface area contributed by atoms with Crippen molar-refractivity contribution in [2.45, 2.75) is 31.8 Å². The van der Waals surface area contributed by atoms with E-state index >= 15 is 0 Å². The molecule has 0 aliphatic heterocycles. The topological polar surface area (TPSA) is 132 Å². The Balaban J connectivity index is 1.80. The molecular formula is C28H32N4O6. The Hall–Kier alpha value is -4.18. The van der Waals surface area contributed by atoms with Gasteiger partial charge in [0.2, 0.25) is 11.8 Å². The number of Topliss-reactive ketones (excluding diaryl/α,β-unsaturated/α-hetero) is 1. The summed E-state index contributed by atoms with van der Waals surface area (Å²) in [5.74, 6) is -4.18. The average molecular weight is 521 g/mol. The van der Waals surface area contributed by atoms with Gasteiger partial charge in [-0.25, -0.2) is 0 Å². The number of nitrogens with one attached hydrogen (secondary N) is 2. The zero-order chi connectivity index (χ0) is 27.6. The lowest BCUT2D eigenvalue weighted by Gasteiger charge is -2.44. The molecule has 0 spiro atoms. The van der Waals surface area contributed by atoms with Crippen LogP contribution in [0.1, 0.15) is 30.5 Å². The second kappa shape index (κ2) is 10.7. The standard InChI is InChI=1S/C28H32N4O6/c1-16-17(15-29-32(16)3)23-24(26(34)30-18-10-6-8-12-21(18)37-4)20(33)14-28(2,36)25(23)27(35)31-19-11-7-9-13-22(19)38-5/h6-13,15,23-25,36H,14H2,1-5H3,(H,30,34)(H,31,35)/t23-,24-,25-,28+/m0/s1. The van der Waals surface area contributed by atoms with Crippen LogP contribution in [0.3, 0.4) is 0 Å². The lowest BCUT2D eigenvalue weighted by Crippen LogP contribution is -2.56. The molecule has 38 heavy (non-hydrogen) atoms. The summed E-state index contributed by atoms with van der Waals surface area (Å²) >= 11 is 0. The van der Waals surface area contributed by atoms with Gasteiger partial charge in [-0.05, 0) is 43.7 Å². The van der Waals surface area contributed by atoms with Gasteiger partial charge in [0.15, 0.2) is 0 Å². The number of methoxy groups -OCH3 is 2. The maximum atomic E-state index is 13.9. The minimum absolute atomic E-state index is 0.378. The maximum Gasteiger partial charge on any atom is 0.235 e. The van der Waals surface area contributed by atoms with Crippen LogP contribution in [0.2, 0.25) is 0 Å². The zero-order valence-corrected chi connectivity index (χ0v) is 22.0. The summed E-state index contributed by atoms with van der Waals surface area (Å²) in [6.45, 7) is 3.24. The van der Waals surface area contributed by atoms with Gasteiger partial charge in [-0.1, -0.05) is 24.3 Å². The van der Waals surface area contributed by atoms with Gasteiger partial charge in [0, 0.05) is 25.1 Å². The number of rotatable bonds is 7. The van der Waals surface area contributed by atoms with Gasteiger partial charge in [0.1, 0.15) is 23.2 Å². The van der Waals surface area contributed by atoms with E-state index in [1.807, 2.05) is 0 Å². The third-order valence-electron chi connectivity index (χ3n) is 7.19. The van der Waals surface area contributed by atoms with E-state index in [0.29, 0.717) is 34.1 Å². The summed E-state index contributed by atoms with van der Waals surface area (Å²) in [7, 11) is 4.70. The summed E-state index contributed by atoms with van der Waals surface area (Å²) in [5.41, 5.74) is 0.259. The monoisotopic (exact) mass is 520 g/mol. The molecule has 0 radical (unpaired) electrons. The Morgan fingerprint density at radius 1 is 1.00 bits per heavy atom. The molecule has 3 aromatic rings. The van der Waals surface area contributed by atoms with Crippen LogP contribution in [0.15, 0.2) is 54.7 Å². The predicted octanol–water partition coefficient (Wildman–Crippen LogP) is 3.06. The molecule has 0 bridgehead atoms. The van der Waals surface area contributed by atoms with E-state index in [9.17, 15) is 19.5 Å². The van der Waals surface area contributed by atoms with Crippen LogP contribution in [-0.4, -0.2) is 52.3 Å². The number of hydrogen-bond acceptors (Lipinski definition) is 7. The van der Waals surface area contributed by atoms with Gasteiger partial charge in [-0.2, -0.15) is 5.10 Å². The van der Waals surface area contributed by atoms with Crippen LogP contribution in [-0.2, 0) is 21.4 Å². The first-order valence-electron chi connectivity index (χ1n) is 12.2. The molecule has 4 rings (SSSR count). The molecule has 10 heteroatoms. The number of amides is 2. The van der Waals surface area contributed by atoms with Gasteiger partial charge < -0.3 is 25.2 Å². The Kier molecular flexibility index (Phi) is 7.54. The molecule has 4 atom stereocenters. The van der Waals surface area contributed by atoms with E-state index in [-0.39, 0.29) is 6.42 Å². The highest BCUT2D eigenvalue weighted by atomic mass is 16.5. The van der Waals surface area contributed by atoms with Crippen molar-refractivity contribution in [1.82, 2.24) is 9.78 Å². The molecule has 1 fully saturated rings. The lowest BCUT2D eigenvalue weighted by molar-refractivity contribution is -0.150. The number of para-hydroxylation sites is 4. The van der Waals surface area contributed by atoms with E-state index in [0.717, 1.165) is 0 Å². The summed E-state index contributed by atoms with van der Waals surface area (Å²) in [6, 6.07) is 13.7. The van der Waals surface area contributed by atoms with Crippen molar-refractivity contribution >= 4 is 29.0 Å². The number of carbonyl (C=O) groups excluding carboxylic acids is 3. The number of anilines is 2. The number of aryl methyl sites for hydroxylation is 1. The first kappa shape index (κ1) is 26.9. The second-order valence-electron chi connectivity index (χ2n) is 9.67. The number of nitrogens with zero attached hydrogens (tertiary/aromatic N) is 2. The van der Waals surface area contributed by atoms with Crippen molar-refractivity contribution in [3.8, 4) is 11.5 Å². The van der Waals surface area contributed by atoms with Crippen molar-refractivity contribution in [3.63, 3.8) is 0 Å². The summed E-state index contributed by atoms with van der Waals surface area (Å²) in [6.07, 6.45) is 1.16. The van der Waals surface area contributed by atoms with Crippen molar-refractivity contribution < 1.29 is 29.0 Å². The van der Waals surface area contributed by atoms with Crippen molar-refractivity contribution in [1.29, 1.82) is 0 Å². The molecular weight excluding hydrogens is 488 g/mol. The summed E-state index contributed by atoms with van der Waals surface area (Å²) in [4.78, 5) is 41.1. The Morgan fingerprint density at radius 3 is 2.03 bits per heavy atom. The number of aromatic nitrogens is 2. The first-order chi connectivity index (χ1) is 18.1. The highest BCUT2D eigenvalue weighted by Gasteiger charge is 2.56. The Labute approximate surface area is 220 Å². The van der Waals surface area contributed by atoms with Gasteiger partial charge in [0.25, 0.3) is 0 Å². The number of carbonyl (C=O) groups is 3. The fourth-order valence-electron chi connectivity index (χ4n) is 5.23. The van der Waals surface area contributed by atoms with Crippen LogP contribution in [0, 0.1) is 18.8 Å². The van der Waals surface area contributed by atoms with Crippen LogP contribution in [0.5, 0.6) is 11.5 Å². The molecule has 1 aromatic heterocycles. The van der Waals surface area contributed by atoms with Crippen molar-refractivity contribution in [3.05, 3.63) is 66.0 Å². The molecule has 3 N–H and O–H groups in total. The Bertz CT molecular complexity index is 1360. The minimum atomic E-state index is -1.74. The SMILES string of the molecule is COc1ccccc1NC(=O)[C@H]1C(=O)C[C@@](C)(O)[C@H](C(=O)Nc2ccccc2OC)[C@H]1c1cnn(C)c1C. The molecule has 2 aromatic carbocycles. The largest absolute Gasteiger partial charge is 0.495 e. The zero-order valence-electron chi connectivity index (χ0n) is 22.0. The van der Waals surface area contributed by atoms with E-state index in [4.69, 9.17) is 9.47 Å². The van der Waals surface area contributed by atoms with E-state index in [2.05, 4.69) is 15.7 Å². The maximum absolute atomic E-state index is 13.9. The summed E-state index contributed by atoms with van der Waals surface area (Å²) in [5, 5.41) is 21.4. The van der Waals surface area contributed by atoms with E-state index in [1.54, 1.807) is 73.4 Å². The van der Waals surface area contributed by atoms with Crippen LogP contribution in [0.25, 0.3) is 0 Å². The van der Waals surface area contributed by atoms with E-state index < -0.39 is 41.0 Å². The molecule has 1 aliphatic rings. The smallest absolute Gasteiger partial charge is 0.235 e. The fraction of sp³-hybridized carbons (Fsp3) is 0.357. The molecule has 0 unspecified atom stereocenters. The highest BCUT2D eigenvalue weighted by molar-refractivity contribution is 6.11. The number of hydrogen-bond donors (Lipinski definition) is 3. The fourth-order valence-corrected chi connectivity index (χ4v) is 5.23. The van der Waals surface area contributed by atoms with Gasteiger partial charge in [-0.3, -0.25) is 19.1 Å². The van der Waals surface area contributed by atoms with E-state index in [1.165, 1.54) is 21.1 Å². The lowest BCUT2D eigenvalue weighted by atomic mass is 9.61. The molecule has 1 heterocycles. The van der Waals surface area contributed by atoms with Crippen molar-refractivity contribution in [2.24, 2.45) is 18.9 Å². The highest BCUT2D eigenvalue weighted by Crippen LogP contribution is 2.47. The second-order valence-corrected chi connectivity index (χ2v) is 9.67. The number of ketones is 1. The quantitative estimate of drug-likeness (QED) is 0.408. The normalized spacial score (nSPS) is 23.0. The van der Waals surface area contributed by atoms with Crippen LogP contribution in [0.4, 0.5) is 11.4 Å². The van der Waals surface area contributed by atoms with Crippen LogP contribution < -0.4 is 20.1 Å². The van der Waals surface area contributed by atoms with Gasteiger partial charge in [-0.15, -0.1) is 0 Å². The Morgan fingerprint density at radius 2 is 1.53 bits per heavy atom. The first-order valence-corrected chi connectivity index (χ1v) is 12.2. The molecule has 1 saturated carbocycles.